The summed E-state index contributed by atoms with van der Waals surface area (Å²) in [5.41, 5.74) is 7.61. The number of benzene rings is 1. The number of nitrogens with zero attached hydrogens (tertiary/aromatic N) is 1. The van der Waals surface area contributed by atoms with E-state index in [1.54, 1.807) is 0 Å². The van der Waals surface area contributed by atoms with Crippen LogP contribution < -0.4 is 5.32 Å². The average molecular weight is 477 g/mol. The van der Waals surface area contributed by atoms with Gasteiger partial charge in [-0.2, -0.15) is 0 Å². The van der Waals surface area contributed by atoms with E-state index in [9.17, 15) is 4.79 Å². The second-order valence-electron chi connectivity index (χ2n) is 12.8. The molecule has 2 heterocycles. The van der Waals surface area contributed by atoms with E-state index in [0.717, 1.165) is 30.8 Å². The zero-order valence-corrected chi connectivity index (χ0v) is 22.5. The first-order chi connectivity index (χ1) is 16.6. The SMILES string of the molecule is Cc1c(C(=O)N[C@H]2CCOC2)cc(-c2cc(C(C)(C)C)cc(C3(C)CC3)c2)n1CC1CCCCC1. The molecule has 1 aromatic carbocycles. The number of hydrogen-bond donors (Lipinski definition) is 1. The van der Waals surface area contributed by atoms with Crippen molar-refractivity contribution < 1.29 is 9.53 Å². The minimum atomic E-state index is 0.0444. The quantitative estimate of drug-likeness (QED) is 0.492. The number of hydrogen-bond acceptors (Lipinski definition) is 2. The lowest BCUT2D eigenvalue weighted by Crippen LogP contribution is -2.35. The van der Waals surface area contributed by atoms with Crippen molar-refractivity contribution in [3.8, 4) is 11.3 Å². The van der Waals surface area contributed by atoms with Crippen molar-refractivity contribution >= 4 is 5.91 Å². The monoisotopic (exact) mass is 476 g/mol. The first kappa shape index (κ1) is 24.6. The zero-order valence-electron chi connectivity index (χ0n) is 22.5. The van der Waals surface area contributed by atoms with Gasteiger partial charge in [0.2, 0.25) is 0 Å². The summed E-state index contributed by atoms with van der Waals surface area (Å²) in [4.78, 5) is 13.4. The molecule has 0 radical (unpaired) electrons. The first-order valence-electron chi connectivity index (χ1n) is 13.9. The first-order valence-corrected chi connectivity index (χ1v) is 13.9. The van der Waals surface area contributed by atoms with E-state index in [1.807, 2.05) is 0 Å². The molecule has 0 spiro atoms. The number of ether oxygens (including phenoxy) is 1. The minimum Gasteiger partial charge on any atom is -0.379 e. The summed E-state index contributed by atoms with van der Waals surface area (Å²) in [6, 6.07) is 9.53. The van der Waals surface area contributed by atoms with Gasteiger partial charge in [-0.1, -0.05) is 53.0 Å². The molecule has 3 fully saturated rings. The molecule has 35 heavy (non-hydrogen) atoms. The number of rotatable bonds is 6. The third-order valence-corrected chi connectivity index (χ3v) is 8.83. The Balaban J connectivity index is 1.58. The van der Waals surface area contributed by atoms with E-state index in [0.29, 0.717) is 17.9 Å². The summed E-state index contributed by atoms with van der Waals surface area (Å²) >= 11 is 0. The molecule has 4 heteroatoms. The van der Waals surface area contributed by atoms with Crippen LogP contribution in [0.1, 0.15) is 106 Å². The third-order valence-electron chi connectivity index (χ3n) is 8.83. The molecule has 5 rings (SSSR count). The maximum atomic E-state index is 13.4. The van der Waals surface area contributed by atoms with E-state index >= 15 is 0 Å². The molecule has 2 aromatic rings. The molecule has 1 aliphatic heterocycles. The highest BCUT2D eigenvalue weighted by atomic mass is 16.5. The van der Waals surface area contributed by atoms with Crippen LogP contribution in [0.15, 0.2) is 24.3 Å². The van der Waals surface area contributed by atoms with Gasteiger partial charge in [0.05, 0.1) is 18.2 Å². The molecule has 1 amide bonds. The highest BCUT2D eigenvalue weighted by Gasteiger charge is 2.40. The Labute approximate surface area is 211 Å². The average Bonchev–Trinajstić information content (AvgIpc) is 3.22. The second kappa shape index (κ2) is 9.42. The normalized spacial score (nSPS) is 22.4. The Hall–Kier alpha value is -2.07. The van der Waals surface area contributed by atoms with Gasteiger partial charge in [-0.3, -0.25) is 4.79 Å². The van der Waals surface area contributed by atoms with Crippen LogP contribution in [-0.4, -0.2) is 29.7 Å². The lowest BCUT2D eigenvalue weighted by molar-refractivity contribution is 0.0929. The van der Waals surface area contributed by atoms with E-state index in [-0.39, 0.29) is 17.4 Å². The molecule has 2 aliphatic carbocycles. The predicted octanol–water partition coefficient (Wildman–Crippen LogP) is 6.91. The van der Waals surface area contributed by atoms with Crippen molar-refractivity contribution in [1.29, 1.82) is 0 Å². The molecular formula is C31H44N2O2. The topological polar surface area (TPSA) is 43.3 Å². The predicted molar refractivity (Wildman–Crippen MR) is 143 cm³/mol. The lowest BCUT2D eigenvalue weighted by atomic mass is 9.82. The fourth-order valence-electron chi connectivity index (χ4n) is 5.92. The molecule has 1 aromatic heterocycles. The molecule has 3 aliphatic rings. The van der Waals surface area contributed by atoms with Crippen molar-refractivity contribution in [2.75, 3.05) is 13.2 Å². The van der Waals surface area contributed by atoms with Gasteiger partial charge in [-0.15, -0.1) is 0 Å². The Morgan fingerprint density at radius 2 is 1.83 bits per heavy atom. The summed E-state index contributed by atoms with van der Waals surface area (Å²) in [7, 11) is 0. The summed E-state index contributed by atoms with van der Waals surface area (Å²) in [5.74, 6) is 0.738. The van der Waals surface area contributed by atoms with Crippen LogP contribution in [0.25, 0.3) is 11.3 Å². The van der Waals surface area contributed by atoms with Crippen LogP contribution in [0.2, 0.25) is 0 Å². The van der Waals surface area contributed by atoms with Crippen molar-refractivity contribution in [2.45, 2.75) is 109 Å². The number of carbonyl (C=O) groups excluding carboxylic acids is 1. The van der Waals surface area contributed by atoms with Crippen LogP contribution in [0.4, 0.5) is 0 Å². The van der Waals surface area contributed by atoms with Gasteiger partial charge in [0.15, 0.2) is 0 Å². The Morgan fingerprint density at radius 1 is 1.09 bits per heavy atom. The molecule has 1 saturated heterocycles. The molecule has 0 bridgehead atoms. The largest absolute Gasteiger partial charge is 0.379 e. The Bertz CT molecular complexity index is 1050. The van der Waals surface area contributed by atoms with Crippen LogP contribution in [0, 0.1) is 12.8 Å². The van der Waals surface area contributed by atoms with E-state index in [1.165, 1.54) is 67.3 Å². The van der Waals surface area contributed by atoms with Gasteiger partial charge < -0.3 is 14.6 Å². The molecule has 0 unspecified atom stereocenters. The lowest BCUT2D eigenvalue weighted by Gasteiger charge is -2.26. The number of amides is 1. The Morgan fingerprint density at radius 3 is 2.46 bits per heavy atom. The number of aromatic nitrogens is 1. The summed E-state index contributed by atoms with van der Waals surface area (Å²) in [6.45, 7) is 13.8. The highest BCUT2D eigenvalue weighted by molar-refractivity contribution is 5.97. The standard InChI is InChI=1S/C31H44N2O2/c1-21-27(29(34)32-26-11-14-35-20-26)18-28(33(21)19-22-9-7-6-8-10-22)23-15-24(30(2,3)4)17-25(16-23)31(5)12-13-31/h15-18,22,26H,6-14,19-20H2,1-5H3,(H,32,34)/t26-/m0/s1. The van der Waals surface area contributed by atoms with Gasteiger partial charge in [0, 0.05) is 24.5 Å². The molecule has 4 nitrogen and oxygen atoms in total. The van der Waals surface area contributed by atoms with Crippen molar-refractivity contribution in [3.05, 3.63) is 46.6 Å². The molecular weight excluding hydrogens is 432 g/mol. The van der Waals surface area contributed by atoms with Crippen molar-refractivity contribution in [3.63, 3.8) is 0 Å². The van der Waals surface area contributed by atoms with Gasteiger partial charge in [-0.05, 0) is 90.7 Å². The fourth-order valence-corrected chi connectivity index (χ4v) is 5.92. The van der Waals surface area contributed by atoms with Crippen LogP contribution >= 0.6 is 0 Å². The second-order valence-corrected chi connectivity index (χ2v) is 12.8. The van der Waals surface area contributed by atoms with Gasteiger partial charge in [-0.25, -0.2) is 0 Å². The Kier molecular flexibility index (Phi) is 6.63. The zero-order chi connectivity index (χ0) is 24.8. The fraction of sp³-hybridized carbons (Fsp3) is 0.645. The smallest absolute Gasteiger partial charge is 0.253 e. The number of nitrogens with one attached hydrogen (secondary N) is 1. The maximum absolute atomic E-state index is 13.4. The van der Waals surface area contributed by atoms with Gasteiger partial charge in [0.1, 0.15) is 0 Å². The molecule has 2 saturated carbocycles. The maximum Gasteiger partial charge on any atom is 0.253 e. The summed E-state index contributed by atoms with van der Waals surface area (Å²) < 4.78 is 7.97. The minimum absolute atomic E-state index is 0.0444. The van der Waals surface area contributed by atoms with E-state index < -0.39 is 0 Å². The van der Waals surface area contributed by atoms with Gasteiger partial charge >= 0.3 is 0 Å². The van der Waals surface area contributed by atoms with Crippen LogP contribution in [0.3, 0.4) is 0 Å². The van der Waals surface area contributed by atoms with Crippen molar-refractivity contribution in [2.24, 2.45) is 5.92 Å². The van der Waals surface area contributed by atoms with Crippen LogP contribution in [-0.2, 0) is 22.1 Å². The molecule has 190 valence electrons. The van der Waals surface area contributed by atoms with E-state index in [2.05, 4.69) is 68.8 Å². The highest BCUT2D eigenvalue weighted by Crippen LogP contribution is 2.49. The summed E-state index contributed by atoms with van der Waals surface area (Å²) in [5, 5.41) is 3.24. The van der Waals surface area contributed by atoms with Crippen LogP contribution in [0.5, 0.6) is 0 Å². The van der Waals surface area contributed by atoms with E-state index in [4.69, 9.17) is 4.74 Å². The van der Waals surface area contributed by atoms with Gasteiger partial charge in [0.25, 0.3) is 5.91 Å². The summed E-state index contributed by atoms with van der Waals surface area (Å²) in [6.07, 6.45) is 10.0. The number of carbonyl (C=O) groups is 1. The van der Waals surface area contributed by atoms with Crippen molar-refractivity contribution in [1.82, 2.24) is 9.88 Å². The third kappa shape index (κ3) is 5.23. The molecule has 1 N–H and O–H groups in total. The molecule has 1 atom stereocenters.